The smallest absolute Gasteiger partial charge is 0.251 e. The number of likely N-dealkylation sites (tertiary alicyclic amines) is 1. The first-order valence-electron chi connectivity index (χ1n) is 9.79. The summed E-state index contributed by atoms with van der Waals surface area (Å²) in [5.74, 6) is 1.11. The Morgan fingerprint density at radius 2 is 1.79 bits per heavy atom. The van der Waals surface area contributed by atoms with Crippen LogP contribution in [0.2, 0.25) is 0 Å². The first-order chi connectivity index (χ1) is 13.0. The molecule has 1 saturated heterocycles. The zero-order valence-electron chi connectivity index (χ0n) is 17.4. The topological polar surface area (TPSA) is 78.5 Å². The highest BCUT2D eigenvalue weighted by molar-refractivity contribution is 7.89. The fourth-order valence-corrected chi connectivity index (χ4v) is 4.70. The SMILES string of the molecule is C=CCNS(=O)(=O)c1ccc(C(=O)NCC(C)(C)N2CC(C)CC(C)C2)cc1. The van der Waals surface area contributed by atoms with E-state index < -0.39 is 10.0 Å². The van der Waals surface area contributed by atoms with E-state index in [-0.39, 0.29) is 22.9 Å². The molecule has 0 aliphatic carbocycles. The molecule has 7 heteroatoms. The van der Waals surface area contributed by atoms with Gasteiger partial charge in [0.15, 0.2) is 0 Å². The standard InChI is InChI=1S/C21H33N3O3S/c1-6-11-23-28(26,27)19-9-7-18(8-10-19)20(25)22-15-21(4,5)24-13-16(2)12-17(3)14-24/h6-10,16-17,23H,1,11-15H2,2-5H3,(H,22,25). The lowest BCUT2D eigenvalue weighted by molar-refractivity contribution is 0.0445. The van der Waals surface area contributed by atoms with E-state index in [1.165, 1.54) is 36.8 Å². The van der Waals surface area contributed by atoms with Gasteiger partial charge in [0.25, 0.3) is 5.91 Å². The molecule has 1 aromatic carbocycles. The summed E-state index contributed by atoms with van der Waals surface area (Å²) in [5.41, 5.74) is 0.301. The molecule has 2 atom stereocenters. The highest BCUT2D eigenvalue weighted by Crippen LogP contribution is 2.27. The minimum atomic E-state index is -3.59. The van der Waals surface area contributed by atoms with Gasteiger partial charge in [-0.15, -0.1) is 6.58 Å². The Hall–Kier alpha value is -1.70. The summed E-state index contributed by atoms with van der Waals surface area (Å²) in [4.78, 5) is 15.1. The number of hydrogen-bond acceptors (Lipinski definition) is 4. The van der Waals surface area contributed by atoms with Crippen molar-refractivity contribution in [3.05, 3.63) is 42.5 Å². The monoisotopic (exact) mass is 407 g/mol. The first kappa shape index (κ1) is 22.6. The van der Waals surface area contributed by atoms with Gasteiger partial charge in [0.2, 0.25) is 10.0 Å². The molecule has 1 aromatic rings. The summed E-state index contributed by atoms with van der Waals surface area (Å²) in [6.07, 6.45) is 2.72. The van der Waals surface area contributed by atoms with E-state index in [0.29, 0.717) is 23.9 Å². The van der Waals surface area contributed by atoms with Gasteiger partial charge in [0.1, 0.15) is 0 Å². The third-order valence-corrected chi connectivity index (χ3v) is 6.69. The van der Waals surface area contributed by atoms with E-state index >= 15 is 0 Å². The summed E-state index contributed by atoms with van der Waals surface area (Å²) >= 11 is 0. The summed E-state index contributed by atoms with van der Waals surface area (Å²) in [7, 11) is -3.59. The van der Waals surface area contributed by atoms with Crippen molar-refractivity contribution in [1.29, 1.82) is 0 Å². The maximum absolute atomic E-state index is 12.5. The lowest BCUT2D eigenvalue weighted by Gasteiger charge is -2.45. The van der Waals surface area contributed by atoms with Crippen LogP contribution in [-0.2, 0) is 10.0 Å². The first-order valence-corrected chi connectivity index (χ1v) is 11.3. The summed E-state index contributed by atoms with van der Waals surface area (Å²) in [5, 5.41) is 3.00. The van der Waals surface area contributed by atoms with Crippen molar-refractivity contribution in [2.45, 2.75) is 44.6 Å². The Bertz CT molecular complexity index is 778. The van der Waals surface area contributed by atoms with Gasteiger partial charge in [-0.05, 0) is 56.4 Å². The number of hydrogen-bond donors (Lipinski definition) is 2. The van der Waals surface area contributed by atoms with Crippen molar-refractivity contribution in [2.24, 2.45) is 11.8 Å². The fourth-order valence-electron chi connectivity index (χ4n) is 3.71. The van der Waals surface area contributed by atoms with Crippen LogP contribution >= 0.6 is 0 Å². The molecule has 0 spiro atoms. The van der Waals surface area contributed by atoms with E-state index in [0.717, 1.165) is 13.1 Å². The van der Waals surface area contributed by atoms with Crippen LogP contribution in [0.25, 0.3) is 0 Å². The number of sulfonamides is 1. The Balaban J connectivity index is 1.98. The molecule has 1 amide bonds. The maximum Gasteiger partial charge on any atom is 0.251 e. The maximum atomic E-state index is 12.5. The van der Waals surface area contributed by atoms with Crippen LogP contribution in [-0.4, -0.2) is 50.9 Å². The third-order valence-electron chi connectivity index (χ3n) is 5.25. The largest absolute Gasteiger partial charge is 0.350 e. The number of rotatable bonds is 8. The normalized spacial score (nSPS) is 21.3. The molecule has 1 heterocycles. The third kappa shape index (κ3) is 5.90. The van der Waals surface area contributed by atoms with Gasteiger partial charge >= 0.3 is 0 Å². The lowest BCUT2D eigenvalue weighted by Crippen LogP contribution is -2.56. The Morgan fingerprint density at radius 3 is 2.32 bits per heavy atom. The average Bonchev–Trinajstić information content (AvgIpc) is 2.64. The molecule has 1 aliphatic heterocycles. The van der Waals surface area contributed by atoms with E-state index in [2.05, 4.69) is 49.2 Å². The molecule has 28 heavy (non-hydrogen) atoms. The zero-order chi connectivity index (χ0) is 20.9. The Morgan fingerprint density at radius 1 is 1.21 bits per heavy atom. The van der Waals surface area contributed by atoms with Gasteiger partial charge in [0, 0.05) is 37.3 Å². The quantitative estimate of drug-likeness (QED) is 0.650. The molecule has 0 aromatic heterocycles. The van der Waals surface area contributed by atoms with Crippen molar-refractivity contribution in [3.63, 3.8) is 0 Å². The molecule has 6 nitrogen and oxygen atoms in total. The van der Waals surface area contributed by atoms with Crippen LogP contribution < -0.4 is 10.0 Å². The molecular weight excluding hydrogens is 374 g/mol. The fraction of sp³-hybridized carbons (Fsp3) is 0.571. The van der Waals surface area contributed by atoms with Gasteiger partial charge in [0.05, 0.1) is 4.90 Å². The highest BCUT2D eigenvalue weighted by Gasteiger charge is 2.33. The number of carbonyl (C=O) groups is 1. The second kappa shape index (κ2) is 9.20. The van der Waals surface area contributed by atoms with Crippen LogP contribution in [0, 0.1) is 11.8 Å². The minimum absolute atomic E-state index is 0.127. The Kier molecular flexibility index (Phi) is 7.42. The van der Waals surface area contributed by atoms with Crippen LogP contribution in [0.4, 0.5) is 0 Å². The van der Waals surface area contributed by atoms with Gasteiger partial charge in [-0.25, -0.2) is 13.1 Å². The molecule has 0 radical (unpaired) electrons. The van der Waals surface area contributed by atoms with E-state index in [4.69, 9.17) is 0 Å². The molecule has 2 unspecified atom stereocenters. The number of nitrogens with zero attached hydrogens (tertiary/aromatic N) is 1. The van der Waals surface area contributed by atoms with Gasteiger partial charge < -0.3 is 5.32 Å². The van der Waals surface area contributed by atoms with Crippen molar-refractivity contribution >= 4 is 15.9 Å². The van der Waals surface area contributed by atoms with Crippen LogP contribution in [0.1, 0.15) is 44.5 Å². The summed E-state index contributed by atoms with van der Waals surface area (Å²) < 4.78 is 26.6. The Labute approximate surface area is 169 Å². The molecule has 1 fully saturated rings. The lowest BCUT2D eigenvalue weighted by atomic mass is 9.88. The van der Waals surface area contributed by atoms with Crippen LogP contribution in [0.3, 0.4) is 0 Å². The van der Waals surface area contributed by atoms with E-state index in [1.54, 1.807) is 0 Å². The number of amides is 1. The zero-order valence-corrected chi connectivity index (χ0v) is 18.2. The van der Waals surface area contributed by atoms with Crippen molar-refractivity contribution in [1.82, 2.24) is 14.9 Å². The van der Waals surface area contributed by atoms with Gasteiger partial charge in [-0.3, -0.25) is 9.69 Å². The number of piperidine rings is 1. The summed E-state index contributed by atoms with van der Waals surface area (Å²) in [6, 6.07) is 5.96. The van der Waals surface area contributed by atoms with Crippen molar-refractivity contribution < 1.29 is 13.2 Å². The number of carbonyl (C=O) groups excluding carboxylic acids is 1. The number of benzene rings is 1. The second-order valence-corrected chi connectivity index (χ2v) is 10.3. The van der Waals surface area contributed by atoms with E-state index in [9.17, 15) is 13.2 Å². The minimum Gasteiger partial charge on any atom is -0.350 e. The average molecular weight is 408 g/mol. The predicted octanol–water partition coefficient (Wildman–Crippen LogP) is 2.64. The van der Waals surface area contributed by atoms with Gasteiger partial charge in [-0.2, -0.15) is 0 Å². The molecule has 156 valence electrons. The van der Waals surface area contributed by atoms with E-state index in [1.807, 2.05) is 0 Å². The molecule has 2 rings (SSSR count). The number of nitrogens with one attached hydrogen (secondary N) is 2. The van der Waals surface area contributed by atoms with Crippen molar-refractivity contribution in [2.75, 3.05) is 26.2 Å². The second-order valence-electron chi connectivity index (χ2n) is 8.51. The highest BCUT2D eigenvalue weighted by atomic mass is 32.2. The van der Waals surface area contributed by atoms with Crippen LogP contribution in [0.15, 0.2) is 41.8 Å². The summed E-state index contributed by atoms with van der Waals surface area (Å²) in [6.45, 7) is 15.1. The predicted molar refractivity (Wildman–Crippen MR) is 113 cm³/mol. The van der Waals surface area contributed by atoms with Gasteiger partial charge in [-0.1, -0.05) is 19.9 Å². The van der Waals surface area contributed by atoms with Crippen molar-refractivity contribution in [3.8, 4) is 0 Å². The molecule has 0 saturated carbocycles. The molecule has 1 aliphatic rings. The molecule has 2 N–H and O–H groups in total. The molecule has 0 bridgehead atoms. The van der Waals surface area contributed by atoms with Crippen LogP contribution in [0.5, 0.6) is 0 Å². The molecular formula is C21H33N3O3S.